The summed E-state index contributed by atoms with van der Waals surface area (Å²) in [6.07, 6.45) is 9.24. The van der Waals surface area contributed by atoms with Crippen molar-refractivity contribution in [2.75, 3.05) is 19.6 Å². The van der Waals surface area contributed by atoms with Crippen LogP contribution in [0.2, 0.25) is 0 Å². The van der Waals surface area contributed by atoms with Crippen molar-refractivity contribution in [2.45, 2.75) is 58.4 Å². The Kier molecular flexibility index (Phi) is 6.70. The molecule has 1 saturated carbocycles. The predicted molar refractivity (Wildman–Crippen MR) is 98.7 cm³/mol. The molecule has 2 N–H and O–H groups in total. The van der Waals surface area contributed by atoms with E-state index in [0.717, 1.165) is 26.1 Å². The van der Waals surface area contributed by atoms with E-state index in [9.17, 15) is 4.79 Å². The quantitative estimate of drug-likeness (QED) is 0.824. The van der Waals surface area contributed by atoms with Crippen LogP contribution >= 0.6 is 12.4 Å². The standard InChI is InChI=1S/C18H30N4O.ClH/c1-14(2)11-18(7-4-8-18)13-20-17(23)16-6-10-22(21-16)15-5-3-9-19-12-15;/h6,10,14-15,19H,3-5,7-9,11-13H2,1-2H3,(H,20,23);1H. The van der Waals surface area contributed by atoms with Crippen molar-refractivity contribution in [1.82, 2.24) is 20.4 Å². The number of aromatic nitrogens is 2. The Bertz CT molecular complexity index is 533. The first-order chi connectivity index (χ1) is 11.1. The van der Waals surface area contributed by atoms with Crippen LogP contribution in [0.1, 0.15) is 68.9 Å². The van der Waals surface area contributed by atoms with Gasteiger partial charge in [-0.05, 0) is 56.0 Å². The van der Waals surface area contributed by atoms with Gasteiger partial charge in [-0.15, -0.1) is 12.4 Å². The molecule has 1 atom stereocenters. The van der Waals surface area contributed by atoms with Crippen LogP contribution in [-0.2, 0) is 0 Å². The minimum atomic E-state index is -0.0254. The third-order valence-corrected chi connectivity index (χ3v) is 5.37. The summed E-state index contributed by atoms with van der Waals surface area (Å²) in [6.45, 7) is 7.36. The van der Waals surface area contributed by atoms with E-state index in [0.29, 0.717) is 23.1 Å². The molecule has 0 aromatic carbocycles. The molecule has 6 heteroatoms. The second-order valence-corrected chi connectivity index (χ2v) is 7.82. The zero-order valence-corrected chi connectivity index (χ0v) is 15.7. The van der Waals surface area contributed by atoms with E-state index in [1.807, 2.05) is 16.9 Å². The Labute approximate surface area is 151 Å². The van der Waals surface area contributed by atoms with E-state index < -0.39 is 0 Å². The van der Waals surface area contributed by atoms with Gasteiger partial charge in [0.05, 0.1) is 6.04 Å². The summed E-state index contributed by atoms with van der Waals surface area (Å²) in [6, 6.07) is 2.23. The van der Waals surface area contributed by atoms with Crippen LogP contribution < -0.4 is 10.6 Å². The van der Waals surface area contributed by atoms with E-state index >= 15 is 0 Å². The van der Waals surface area contributed by atoms with Crippen LogP contribution in [0.5, 0.6) is 0 Å². The molecule has 2 fully saturated rings. The number of hydrogen-bond donors (Lipinski definition) is 2. The number of carbonyl (C=O) groups excluding carboxylic acids is 1. The van der Waals surface area contributed by atoms with Gasteiger partial charge in [-0.2, -0.15) is 5.10 Å². The minimum Gasteiger partial charge on any atom is -0.350 e. The van der Waals surface area contributed by atoms with Crippen LogP contribution in [-0.4, -0.2) is 35.3 Å². The van der Waals surface area contributed by atoms with Gasteiger partial charge in [0, 0.05) is 19.3 Å². The summed E-state index contributed by atoms with van der Waals surface area (Å²) in [5.41, 5.74) is 0.884. The highest BCUT2D eigenvalue weighted by Crippen LogP contribution is 2.45. The van der Waals surface area contributed by atoms with E-state index in [1.165, 1.54) is 32.1 Å². The molecule has 1 amide bonds. The van der Waals surface area contributed by atoms with Gasteiger partial charge in [-0.3, -0.25) is 9.48 Å². The van der Waals surface area contributed by atoms with Crippen LogP contribution in [0.25, 0.3) is 0 Å². The lowest BCUT2D eigenvalue weighted by Crippen LogP contribution is -2.43. The van der Waals surface area contributed by atoms with Gasteiger partial charge < -0.3 is 10.6 Å². The molecule has 0 bridgehead atoms. The molecule has 1 aromatic rings. The van der Waals surface area contributed by atoms with Crippen LogP contribution in [0.15, 0.2) is 12.3 Å². The Morgan fingerprint density at radius 2 is 2.25 bits per heavy atom. The summed E-state index contributed by atoms with van der Waals surface area (Å²) in [5.74, 6) is 0.660. The number of hydrogen-bond acceptors (Lipinski definition) is 3. The Hall–Kier alpha value is -1.07. The van der Waals surface area contributed by atoms with Crippen molar-refractivity contribution in [3.8, 4) is 0 Å². The van der Waals surface area contributed by atoms with Crippen molar-refractivity contribution in [1.29, 1.82) is 0 Å². The molecule has 1 saturated heterocycles. The third kappa shape index (κ3) is 4.51. The molecule has 1 aromatic heterocycles. The third-order valence-electron chi connectivity index (χ3n) is 5.37. The number of carbonyl (C=O) groups is 1. The molecule has 3 rings (SSSR count). The van der Waals surface area contributed by atoms with Crippen molar-refractivity contribution < 1.29 is 4.79 Å². The first-order valence-corrected chi connectivity index (χ1v) is 9.12. The largest absolute Gasteiger partial charge is 0.350 e. The minimum absolute atomic E-state index is 0. The fourth-order valence-corrected chi connectivity index (χ4v) is 4.08. The highest BCUT2D eigenvalue weighted by molar-refractivity contribution is 5.92. The number of nitrogens with one attached hydrogen (secondary N) is 2. The first-order valence-electron chi connectivity index (χ1n) is 9.12. The van der Waals surface area contributed by atoms with Crippen molar-refractivity contribution in [3.63, 3.8) is 0 Å². The van der Waals surface area contributed by atoms with Gasteiger partial charge >= 0.3 is 0 Å². The molecule has 5 nitrogen and oxygen atoms in total. The second kappa shape index (κ2) is 8.34. The van der Waals surface area contributed by atoms with Gasteiger partial charge in [0.15, 0.2) is 0 Å². The monoisotopic (exact) mass is 354 g/mol. The molecule has 1 unspecified atom stereocenters. The topological polar surface area (TPSA) is 59.0 Å². The van der Waals surface area contributed by atoms with E-state index in [1.54, 1.807) is 0 Å². The van der Waals surface area contributed by atoms with Gasteiger partial charge in [0.2, 0.25) is 0 Å². The average Bonchev–Trinajstić information content (AvgIpc) is 3.00. The lowest BCUT2D eigenvalue weighted by Gasteiger charge is -2.43. The maximum absolute atomic E-state index is 12.4. The Morgan fingerprint density at radius 1 is 1.46 bits per heavy atom. The number of rotatable bonds is 6. The van der Waals surface area contributed by atoms with Gasteiger partial charge in [-0.25, -0.2) is 0 Å². The molecule has 136 valence electrons. The first kappa shape index (κ1) is 19.3. The summed E-state index contributed by atoms with van der Waals surface area (Å²) in [4.78, 5) is 12.4. The van der Waals surface area contributed by atoms with E-state index in [2.05, 4.69) is 29.6 Å². The van der Waals surface area contributed by atoms with Gasteiger partial charge in [0.1, 0.15) is 5.69 Å². The molecule has 0 spiro atoms. The summed E-state index contributed by atoms with van der Waals surface area (Å²) in [5, 5.41) is 11.0. The molecule has 2 heterocycles. The molecule has 24 heavy (non-hydrogen) atoms. The Balaban J connectivity index is 0.00000208. The van der Waals surface area contributed by atoms with Gasteiger partial charge in [0.25, 0.3) is 5.91 Å². The average molecular weight is 355 g/mol. The normalized spacial score (nSPS) is 22.5. The highest BCUT2D eigenvalue weighted by Gasteiger charge is 2.37. The zero-order valence-electron chi connectivity index (χ0n) is 14.9. The van der Waals surface area contributed by atoms with Crippen LogP contribution in [0.4, 0.5) is 0 Å². The maximum Gasteiger partial charge on any atom is 0.271 e. The Morgan fingerprint density at radius 3 is 2.83 bits per heavy atom. The zero-order chi connectivity index (χ0) is 16.3. The lowest BCUT2D eigenvalue weighted by molar-refractivity contribution is 0.0776. The van der Waals surface area contributed by atoms with Crippen molar-refractivity contribution in [3.05, 3.63) is 18.0 Å². The number of amides is 1. The molecule has 2 aliphatic rings. The smallest absolute Gasteiger partial charge is 0.271 e. The summed E-state index contributed by atoms with van der Waals surface area (Å²) >= 11 is 0. The van der Waals surface area contributed by atoms with Crippen LogP contribution in [0, 0.1) is 11.3 Å². The summed E-state index contributed by atoms with van der Waals surface area (Å²) < 4.78 is 1.95. The fraction of sp³-hybridized carbons (Fsp3) is 0.778. The van der Waals surface area contributed by atoms with E-state index in [4.69, 9.17) is 0 Å². The molecule has 1 aliphatic carbocycles. The van der Waals surface area contributed by atoms with Crippen molar-refractivity contribution in [2.24, 2.45) is 11.3 Å². The van der Waals surface area contributed by atoms with Crippen LogP contribution in [0.3, 0.4) is 0 Å². The van der Waals surface area contributed by atoms with Crippen molar-refractivity contribution >= 4 is 18.3 Å². The predicted octanol–water partition coefficient (Wildman–Crippen LogP) is 3.18. The molecular formula is C18H31ClN4O. The number of nitrogens with zero attached hydrogens (tertiary/aromatic N) is 2. The number of piperidine rings is 1. The number of halogens is 1. The van der Waals surface area contributed by atoms with E-state index in [-0.39, 0.29) is 18.3 Å². The molecule has 1 aliphatic heterocycles. The fourth-order valence-electron chi connectivity index (χ4n) is 4.08. The molecular weight excluding hydrogens is 324 g/mol. The summed E-state index contributed by atoms with van der Waals surface area (Å²) in [7, 11) is 0. The second-order valence-electron chi connectivity index (χ2n) is 7.82. The molecule has 0 radical (unpaired) electrons. The highest BCUT2D eigenvalue weighted by atomic mass is 35.5. The maximum atomic E-state index is 12.4. The SMILES string of the molecule is CC(C)CC1(CNC(=O)c2ccn(C3CCCNC3)n2)CCC1.Cl. The van der Waals surface area contributed by atoms with Gasteiger partial charge in [-0.1, -0.05) is 20.3 Å². The lowest BCUT2D eigenvalue weighted by atomic mass is 9.64.